The summed E-state index contributed by atoms with van der Waals surface area (Å²) in [5, 5.41) is 0. The van der Waals surface area contributed by atoms with E-state index < -0.39 is 0 Å². The molecule has 0 unspecified atom stereocenters. The second-order valence-corrected chi connectivity index (χ2v) is 7.95. The second-order valence-electron chi connectivity index (χ2n) is 7.95. The average Bonchev–Trinajstić information content (AvgIpc) is 2.81. The monoisotopic (exact) mass is 391 g/mol. The third kappa shape index (κ3) is 4.52. The molecule has 0 radical (unpaired) electrons. The number of benzene rings is 3. The number of nitrogens with zero attached hydrogens (tertiary/aromatic N) is 1. The van der Waals surface area contributed by atoms with Gasteiger partial charge in [-0.2, -0.15) is 0 Å². The molecule has 0 aliphatic rings. The molecular weight excluding hydrogens is 362 g/mol. The quantitative estimate of drug-likeness (QED) is 0.290. The van der Waals surface area contributed by atoms with Crippen LogP contribution in [0.2, 0.25) is 0 Å². The van der Waals surface area contributed by atoms with Gasteiger partial charge in [-0.05, 0) is 37.0 Å². The Kier molecular flexibility index (Phi) is 6.39. The van der Waals surface area contributed by atoms with Gasteiger partial charge in [-0.1, -0.05) is 110 Å². The van der Waals surface area contributed by atoms with Crippen molar-refractivity contribution in [1.82, 2.24) is 4.98 Å². The van der Waals surface area contributed by atoms with Crippen molar-refractivity contribution in [3.8, 4) is 33.6 Å². The molecule has 1 heteroatoms. The smallest absolute Gasteiger partial charge is 0.0788 e. The molecule has 0 aliphatic carbocycles. The molecule has 1 aromatic heterocycles. The highest BCUT2D eigenvalue weighted by Crippen LogP contribution is 2.36. The lowest BCUT2D eigenvalue weighted by Gasteiger charge is -2.17. The van der Waals surface area contributed by atoms with Gasteiger partial charge >= 0.3 is 0 Å². The van der Waals surface area contributed by atoms with Gasteiger partial charge in [0.2, 0.25) is 0 Å². The van der Waals surface area contributed by atoms with Crippen molar-refractivity contribution in [2.45, 2.75) is 39.5 Å². The summed E-state index contributed by atoms with van der Waals surface area (Å²) in [5.41, 5.74) is 9.56. The Balaban J connectivity index is 1.93. The van der Waals surface area contributed by atoms with Crippen LogP contribution in [0.3, 0.4) is 0 Å². The number of aromatic nitrogens is 1. The van der Waals surface area contributed by atoms with E-state index in [0.717, 1.165) is 23.4 Å². The number of aryl methyl sites for hydroxylation is 2. The number of hydrogen-bond acceptors (Lipinski definition) is 1. The number of pyridine rings is 1. The maximum Gasteiger partial charge on any atom is 0.0788 e. The molecular formula is C29H29N. The van der Waals surface area contributed by atoms with E-state index in [9.17, 15) is 0 Å². The van der Waals surface area contributed by atoms with E-state index in [-0.39, 0.29) is 0 Å². The fraction of sp³-hybridized carbons (Fsp3) is 0.207. The Morgan fingerprint density at radius 1 is 0.633 bits per heavy atom. The van der Waals surface area contributed by atoms with E-state index in [2.05, 4.69) is 105 Å². The predicted octanol–water partition coefficient (Wildman–Crippen LogP) is 8.12. The highest BCUT2D eigenvalue weighted by atomic mass is 14.7. The third-order valence-electron chi connectivity index (χ3n) is 5.61. The van der Waals surface area contributed by atoms with Crippen molar-refractivity contribution < 1.29 is 0 Å². The first-order valence-electron chi connectivity index (χ1n) is 11.0. The molecule has 0 atom stereocenters. The maximum atomic E-state index is 5.30. The average molecular weight is 392 g/mol. The van der Waals surface area contributed by atoms with Crippen LogP contribution in [0.15, 0.2) is 91.0 Å². The topological polar surface area (TPSA) is 12.9 Å². The van der Waals surface area contributed by atoms with E-state index in [1.165, 1.54) is 47.1 Å². The SMILES string of the molecule is CCCCCc1cc(-c2ccccc2)c(-c2ccc(C)cc2)nc1-c1ccccc1. The molecule has 0 saturated carbocycles. The van der Waals surface area contributed by atoms with Crippen LogP contribution in [0.1, 0.15) is 37.3 Å². The van der Waals surface area contributed by atoms with Gasteiger partial charge in [0.25, 0.3) is 0 Å². The van der Waals surface area contributed by atoms with Crippen LogP contribution in [-0.2, 0) is 6.42 Å². The van der Waals surface area contributed by atoms with Crippen LogP contribution in [0, 0.1) is 6.92 Å². The summed E-state index contributed by atoms with van der Waals surface area (Å²) in [5.74, 6) is 0. The molecule has 30 heavy (non-hydrogen) atoms. The van der Waals surface area contributed by atoms with Crippen LogP contribution in [0.5, 0.6) is 0 Å². The van der Waals surface area contributed by atoms with Crippen molar-refractivity contribution in [1.29, 1.82) is 0 Å². The molecule has 0 aliphatic heterocycles. The number of hydrogen-bond donors (Lipinski definition) is 0. The van der Waals surface area contributed by atoms with Gasteiger partial charge in [0.05, 0.1) is 11.4 Å². The van der Waals surface area contributed by atoms with Crippen LogP contribution in [-0.4, -0.2) is 4.98 Å². The van der Waals surface area contributed by atoms with E-state index in [1.54, 1.807) is 0 Å². The first kappa shape index (κ1) is 20.1. The lowest BCUT2D eigenvalue weighted by molar-refractivity contribution is 0.717. The van der Waals surface area contributed by atoms with E-state index in [0.29, 0.717) is 0 Å². The van der Waals surface area contributed by atoms with Gasteiger partial charge in [0.1, 0.15) is 0 Å². The Morgan fingerprint density at radius 2 is 1.23 bits per heavy atom. The minimum atomic E-state index is 1.05. The molecule has 0 spiro atoms. The Bertz CT molecular complexity index is 1080. The fourth-order valence-corrected chi connectivity index (χ4v) is 3.93. The molecule has 0 fully saturated rings. The maximum absolute atomic E-state index is 5.30. The van der Waals surface area contributed by atoms with Crippen LogP contribution in [0.25, 0.3) is 33.6 Å². The summed E-state index contributed by atoms with van der Waals surface area (Å²) in [4.78, 5) is 5.30. The number of unbranched alkanes of at least 4 members (excludes halogenated alkanes) is 2. The van der Waals surface area contributed by atoms with Gasteiger partial charge in [-0.25, -0.2) is 4.98 Å². The van der Waals surface area contributed by atoms with E-state index >= 15 is 0 Å². The summed E-state index contributed by atoms with van der Waals surface area (Å²) in [6, 6.07) is 32.4. The second kappa shape index (κ2) is 9.54. The Labute approximate surface area is 180 Å². The van der Waals surface area contributed by atoms with Gasteiger partial charge < -0.3 is 0 Å². The molecule has 3 aromatic carbocycles. The minimum absolute atomic E-state index is 1.05. The van der Waals surface area contributed by atoms with Crippen LogP contribution in [0.4, 0.5) is 0 Å². The van der Waals surface area contributed by atoms with E-state index in [1.807, 2.05) is 0 Å². The van der Waals surface area contributed by atoms with Crippen molar-refractivity contribution in [2.24, 2.45) is 0 Å². The summed E-state index contributed by atoms with van der Waals surface area (Å²) in [7, 11) is 0. The predicted molar refractivity (Wildman–Crippen MR) is 129 cm³/mol. The molecule has 1 heterocycles. The van der Waals surface area contributed by atoms with Gasteiger partial charge in [-0.3, -0.25) is 0 Å². The van der Waals surface area contributed by atoms with Crippen molar-refractivity contribution in [3.05, 3.63) is 102 Å². The van der Waals surface area contributed by atoms with Crippen molar-refractivity contribution >= 4 is 0 Å². The normalized spacial score (nSPS) is 10.9. The molecule has 0 amide bonds. The summed E-state index contributed by atoms with van der Waals surface area (Å²) in [6.45, 7) is 4.38. The Morgan fingerprint density at radius 3 is 1.87 bits per heavy atom. The van der Waals surface area contributed by atoms with Gasteiger partial charge in [-0.15, -0.1) is 0 Å². The minimum Gasteiger partial charge on any atom is -0.247 e. The van der Waals surface area contributed by atoms with Crippen LogP contribution < -0.4 is 0 Å². The highest BCUT2D eigenvalue weighted by molar-refractivity contribution is 5.84. The first-order chi connectivity index (χ1) is 14.8. The molecule has 4 aromatic rings. The van der Waals surface area contributed by atoms with E-state index in [4.69, 9.17) is 4.98 Å². The molecule has 150 valence electrons. The summed E-state index contributed by atoms with van der Waals surface area (Å²) < 4.78 is 0. The lowest BCUT2D eigenvalue weighted by Crippen LogP contribution is -1.99. The fourth-order valence-electron chi connectivity index (χ4n) is 3.93. The van der Waals surface area contributed by atoms with Crippen LogP contribution >= 0.6 is 0 Å². The zero-order valence-corrected chi connectivity index (χ0v) is 17.9. The summed E-state index contributed by atoms with van der Waals surface area (Å²) >= 11 is 0. The number of rotatable bonds is 7. The molecule has 4 rings (SSSR count). The third-order valence-corrected chi connectivity index (χ3v) is 5.61. The highest BCUT2D eigenvalue weighted by Gasteiger charge is 2.16. The lowest BCUT2D eigenvalue weighted by atomic mass is 9.92. The molecule has 0 bridgehead atoms. The zero-order valence-electron chi connectivity index (χ0n) is 17.9. The van der Waals surface area contributed by atoms with Gasteiger partial charge in [0, 0.05) is 16.7 Å². The first-order valence-corrected chi connectivity index (χ1v) is 11.0. The van der Waals surface area contributed by atoms with Gasteiger partial charge in [0.15, 0.2) is 0 Å². The standard InChI is InChI=1S/C29H29N/c1-3-4-7-16-26-21-27(23-12-8-5-9-13-23)29(25-19-17-22(2)18-20-25)30-28(26)24-14-10-6-11-15-24/h5-6,8-15,17-21H,3-4,7,16H2,1-2H3. The molecule has 0 N–H and O–H groups in total. The zero-order chi connectivity index (χ0) is 20.8. The molecule has 1 nitrogen and oxygen atoms in total. The Hall–Kier alpha value is -3.19. The summed E-state index contributed by atoms with van der Waals surface area (Å²) in [6.07, 6.45) is 4.71. The molecule has 0 saturated heterocycles. The van der Waals surface area contributed by atoms with Crippen molar-refractivity contribution in [3.63, 3.8) is 0 Å². The van der Waals surface area contributed by atoms with Crippen molar-refractivity contribution in [2.75, 3.05) is 0 Å². The largest absolute Gasteiger partial charge is 0.247 e.